The lowest BCUT2D eigenvalue weighted by Gasteiger charge is -2.42. The molecule has 2 nitrogen and oxygen atoms in total. The van der Waals surface area contributed by atoms with Crippen molar-refractivity contribution >= 4 is 11.0 Å². The predicted molar refractivity (Wildman–Crippen MR) is 83.2 cm³/mol. The van der Waals surface area contributed by atoms with Gasteiger partial charge in [-0.2, -0.15) is 0 Å². The summed E-state index contributed by atoms with van der Waals surface area (Å²) in [5.41, 5.74) is 1.42. The van der Waals surface area contributed by atoms with Gasteiger partial charge in [0, 0.05) is 13.1 Å². The van der Waals surface area contributed by atoms with Gasteiger partial charge < -0.3 is 0 Å². The van der Waals surface area contributed by atoms with Gasteiger partial charge in [-0.1, -0.05) is 39.3 Å². The van der Waals surface area contributed by atoms with Crippen molar-refractivity contribution in [3.63, 3.8) is 0 Å². The van der Waals surface area contributed by atoms with E-state index in [1.165, 1.54) is 5.57 Å². The molecule has 3 unspecified atom stereocenters. The molecular weight excluding hydrogens is 273 g/mol. The van der Waals surface area contributed by atoms with Gasteiger partial charge in [0.15, 0.2) is 0 Å². The SMILES string of the molecule is CC1=C(S(=O)N2CCC(F)C2)C=CC(C)(C(C)(C)C)C1. The Balaban J connectivity index is 2.18. The van der Waals surface area contributed by atoms with Crippen molar-refractivity contribution in [1.82, 2.24) is 4.31 Å². The molecule has 1 fully saturated rings. The summed E-state index contributed by atoms with van der Waals surface area (Å²) in [6.45, 7) is 11.9. The molecule has 0 bridgehead atoms. The molecule has 0 aromatic carbocycles. The molecule has 114 valence electrons. The van der Waals surface area contributed by atoms with E-state index >= 15 is 0 Å². The first-order valence-corrected chi connectivity index (χ1v) is 8.45. The average Bonchev–Trinajstić information content (AvgIpc) is 2.74. The summed E-state index contributed by atoms with van der Waals surface area (Å²) < 4.78 is 27.6. The van der Waals surface area contributed by atoms with Crippen LogP contribution in [0.25, 0.3) is 0 Å². The van der Waals surface area contributed by atoms with E-state index in [2.05, 4.69) is 40.7 Å². The van der Waals surface area contributed by atoms with Gasteiger partial charge in [-0.05, 0) is 36.7 Å². The summed E-state index contributed by atoms with van der Waals surface area (Å²) in [6.07, 6.45) is 4.79. The Kier molecular flexibility index (Phi) is 4.27. The van der Waals surface area contributed by atoms with Gasteiger partial charge in [-0.3, -0.25) is 0 Å². The van der Waals surface area contributed by atoms with Crippen LogP contribution in [0.4, 0.5) is 4.39 Å². The number of rotatable bonds is 2. The first kappa shape index (κ1) is 15.9. The standard InChI is InChI=1S/C16H26FNOS/c1-12-10-16(5,15(2,3)4)8-6-14(12)20(19)18-9-7-13(17)11-18/h6,8,13H,7,9-11H2,1-5H3. The lowest BCUT2D eigenvalue weighted by Crippen LogP contribution is -2.34. The Labute approximate surface area is 124 Å². The second-order valence-electron chi connectivity index (χ2n) is 7.35. The molecule has 0 amide bonds. The number of halogens is 1. The highest BCUT2D eigenvalue weighted by Gasteiger charge is 2.38. The van der Waals surface area contributed by atoms with Crippen molar-refractivity contribution in [1.29, 1.82) is 0 Å². The Hall–Kier alpha value is -0.480. The first-order chi connectivity index (χ1) is 9.14. The van der Waals surface area contributed by atoms with Crippen LogP contribution in [0, 0.1) is 10.8 Å². The van der Waals surface area contributed by atoms with Gasteiger partial charge in [0.05, 0.1) is 4.91 Å². The molecule has 0 aromatic rings. The lowest BCUT2D eigenvalue weighted by atomic mass is 9.63. The zero-order chi connectivity index (χ0) is 15.1. The Morgan fingerprint density at radius 1 is 1.45 bits per heavy atom. The van der Waals surface area contributed by atoms with Crippen molar-refractivity contribution in [3.05, 3.63) is 22.6 Å². The van der Waals surface area contributed by atoms with E-state index in [-0.39, 0.29) is 10.8 Å². The van der Waals surface area contributed by atoms with Crippen LogP contribution >= 0.6 is 0 Å². The number of hydrogen-bond acceptors (Lipinski definition) is 1. The molecule has 0 radical (unpaired) electrons. The second-order valence-corrected chi connectivity index (χ2v) is 8.80. The van der Waals surface area contributed by atoms with E-state index in [0.717, 1.165) is 11.3 Å². The maximum atomic E-state index is 13.3. The zero-order valence-corrected chi connectivity index (χ0v) is 14.0. The fourth-order valence-electron chi connectivity index (χ4n) is 2.80. The summed E-state index contributed by atoms with van der Waals surface area (Å²) in [5.74, 6) is 0. The highest BCUT2D eigenvalue weighted by molar-refractivity contribution is 7.87. The van der Waals surface area contributed by atoms with Crippen molar-refractivity contribution < 1.29 is 8.60 Å². The second kappa shape index (κ2) is 5.38. The molecule has 2 aliphatic rings. The molecule has 3 atom stereocenters. The van der Waals surface area contributed by atoms with Gasteiger partial charge in [0.1, 0.15) is 17.2 Å². The molecule has 1 aliphatic heterocycles. The Bertz CT molecular complexity index is 477. The summed E-state index contributed by atoms with van der Waals surface area (Å²) in [5, 5.41) is 0. The van der Waals surface area contributed by atoms with Crippen molar-refractivity contribution in [2.75, 3.05) is 13.1 Å². The van der Waals surface area contributed by atoms with Crippen LogP contribution in [0.5, 0.6) is 0 Å². The number of nitrogens with zero attached hydrogens (tertiary/aromatic N) is 1. The summed E-state index contributed by atoms with van der Waals surface area (Å²) >= 11 is 0. The summed E-state index contributed by atoms with van der Waals surface area (Å²) in [4.78, 5) is 0.876. The van der Waals surface area contributed by atoms with E-state index in [9.17, 15) is 8.60 Å². The minimum atomic E-state index is -1.21. The van der Waals surface area contributed by atoms with Gasteiger partial charge in [-0.15, -0.1) is 0 Å². The number of allylic oxidation sites excluding steroid dienone is 3. The minimum Gasteiger partial charge on any atom is -0.246 e. The van der Waals surface area contributed by atoms with Crippen LogP contribution in [0.3, 0.4) is 0 Å². The summed E-state index contributed by atoms with van der Waals surface area (Å²) in [6, 6.07) is 0. The number of hydrogen-bond donors (Lipinski definition) is 0. The van der Waals surface area contributed by atoms with Crippen molar-refractivity contribution in [2.45, 2.75) is 53.6 Å². The zero-order valence-electron chi connectivity index (χ0n) is 13.2. The largest absolute Gasteiger partial charge is 0.246 e. The smallest absolute Gasteiger partial charge is 0.127 e. The Morgan fingerprint density at radius 3 is 2.55 bits per heavy atom. The highest BCUT2D eigenvalue weighted by atomic mass is 32.2. The number of alkyl halides is 1. The van der Waals surface area contributed by atoms with Gasteiger partial charge >= 0.3 is 0 Å². The van der Waals surface area contributed by atoms with Gasteiger partial charge in [-0.25, -0.2) is 12.9 Å². The van der Waals surface area contributed by atoms with Crippen LogP contribution in [0.15, 0.2) is 22.6 Å². The van der Waals surface area contributed by atoms with E-state index in [1.807, 2.05) is 6.08 Å². The topological polar surface area (TPSA) is 20.3 Å². The van der Waals surface area contributed by atoms with Crippen LogP contribution in [-0.4, -0.2) is 27.8 Å². The van der Waals surface area contributed by atoms with E-state index in [0.29, 0.717) is 19.5 Å². The monoisotopic (exact) mass is 299 g/mol. The summed E-state index contributed by atoms with van der Waals surface area (Å²) in [7, 11) is -1.21. The minimum absolute atomic E-state index is 0.0818. The molecule has 0 aromatic heterocycles. The quantitative estimate of drug-likeness (QED) is 0.755. The molecule has 4 heteroatoms. The van der Waals surface area contributed by atoms with Crippen molar-refractivity contribution in [2.24, 2.45) is 10.8 Å². The van der Waals surface area contributed by atoms with Gasteiger partial charge in [0.25, 0.3) is 0 Å². The molecule has 0 N–H and O–H groups in total. The van der Waals surface area contributed by atoms with Crippen LogP contribution in [0.2, 0.25) is 0 Å². The molecule has 0 spiro atoms. The maximum absolute atomic E-state index is 13.3. The predicted octanol–water partition coefficient (Wildman–Crippen LogP) is 3.98. The fraction of sp³-hybridized carbons (Fsp3) is 0.750. The lowest BCUT2D eigenvalue weighted by molar-refractivity contribution is 0.166. The average molecular weight is 299 g/mol. The highest BCUT2D eigenvalue weighted by Crippen LogP contribution is 2.47. The van der Waals surface area contributed by atoms with Crippen LogP contribution < -0.4 is 0 Å². The third kappa shape index (κ3) is 2.91. The molecule has 1 aliphatic carbocycles. The first-order valence-electron chi connectivity index (χ1n) is 7.34. The molecular formula is C16H26FNOS. The van der Waals surface area contributed by atoms with E-state index in [4.69, 9.17) is 0 Å². The molecule has 2 rings (SSSR count). The van der Waals surface area contributed by atoms with Crippen LogP contribution in [-0.2, 0) is 11.0 Å². The van der Waals surface area contributed by atoms with E-state index < -0.39 is 17.2 Å². The molecule has 20 heavy (non-hydrogen) atoms. The molecule has 1 saturated heterocycles. The third-order valence-corrected chi connectivity index (χ3v) is 6.55. The molecule has 0 saturated carbocycles. The van der Waals surface area contributed by atoms with E-state index in [1.54, 1.807) is 4.31 Å². The fourth-order valence-corrected chi connectivity index (χ4v) is 4.20. The normalized spacial score (nSPS) is 33.8. The maximum Gasteiger partial charge on any atom is 0.127 e. The Morgan fingerprint density at radius 2 is 2.10 bits per heavy atom. The van der Waals surface area contributed by atoms with Gasteiger partial charge in [0.2, 0.25) is 0 Å². The van der Waals surface area contributed by atoms with Crippen LogP contribution in [0.1, 0.15) is 47.5 Å². The third-order valence-electron chi connectivity index (χ3n) is 4.89. The molecule has 1 heterocycles. The van der Waals surface area contributed by atoms with Crippen molar-refractivity contribution in [3.8, 4) is 0 Å².